The number of carbonyl (C=O) groups excluding carboxylic acids is 2. The minimum atomic E-state index is -1.50. The normalized spacial score (nSPS) is 12.4. The largest absolute Gasteiger partial charge is 0.481 e. The van der Waals surface area contributed by atoms with Crippen LogP contribution in [0.2, 0.25) is 0 Å². The SMILES string of the molecule is Nc1ccc(C(=O)N[C@@H](CCC(=O)O)C(=O)N[C@@H](CCC(=O)O)C(=O)O)cc1. The average molecular weight is 395 g/mol. The lowest BCUT2D eigenvalue weighted by molar-refractivity contribution is -0.143. The minimum absolute atomic E-state index is 0.169. The van der Waals surface area contributed by atoms with Crippen molar-refractivity contribution in [3.8, 4) is 0 Å². The molecule has 2 amide bonds. The van der Waals surface area contributed by atoms with Crippen molar-refractivity contribution in [3.63, 3.8) is 0 Å². The number of hydrogen-bond acceptors (Lipinski definition) is 6. The number of carboxylic acids is 3. The van der Waals surface area contributed by atoms with Crippen molar-refractivity contribution in [2.24, 2.45) is 0 Å². The van der Waals surface area contributed by atoms with Crippen LogP contribution in [0.15, 0.2) is 24.3 Å². The number of carboxylic acid groups (broad SMARTS) is 3. The molecule has 0 bridgehead atoms. The predicted octanol–water partition coefficient (Wildman–Crippen LogP) is -0.334. The molecule has 11 nitrogen and oxygen atoms in total. The van der Waals surface area contributed by atoms with Crippen LogP contribution < -0.4 is 16.4 Å². The molecular formula is C17H21N3O8. The van der Waals surface area contributed by atoms with Crippen molar-refractivity contribution >= 4 is 35.4 Å². The summed E-state index contributed by atoms with van der Waals surface area (Å²) in [5, 5.41) is 31.1. The van der Waals surface area contributed by atoms with Gasteiger partial charge in [-0.05, 0) is 37.1 Å². The molecule has 0 aromatic heterocycles. The molecule has 1 rings (SSSR count). The lowest BCUT2D eigenvalue weighted by Gasteiger charge is -2.21. The van der Waals surface area contributed by atoms with E-state index in [0.717, 1.165) is 0 Å². The molecule has 0 aliphatic carbocycles. The first-order valence-corrected chi connectivity index (χ1v) is 8.23. The lowest BCUT2D eigenvalue weighted by atomic mass is 10.1. The van der Waals surface area contributed by atoms with Gasteiger partial charge >= 0.3 is 17.9 Å². The second-order valence-corrected chi connectivity index (χ2v) is 5.91. The van der Waals surface area contributed by atoms with E-state index in [4.69, 9.17) is 21.1 Å². The summed E-state index contributed by atoms with van der Waals surface area (Å²) in [6.07, 6.45) is -1.59. The highest BCUT2D eigenvalue weighted by Crippen LogP contribution is 2.08. The van der Waals surface area contributed by atoms with Crippen molar-refractivity contribution in [2.45, 2.75) is 37.8 Å². The number of rotatable bonds is 11. The van der Waals surface area contributed by atoms with E-state index >= 15 is 0 Å². The Kier molecular flexibility index (Phi) is 8.41. The Labute approximate surface area is 159 Å². The van der Waals surface area contributed by atoms with E-state index in [-0.39, 0.29) is 18.4 Å². The Balaban J connectivity index is 2.88. The molecule has 0 fully saturated rings. The van der Waals surface area contributed by atoms with Gasteiger partial charge in [-0.25, -0.2) is 4.79 Å². The van der Waals surface area contributed by atoms with E-state index < -0.39 is 54.6 Å². The molecule has 0 saturated heterocycles. The molecule has 0 saturated carbocycles. The van der Waals surface area contributed by atoms with Gasteiger partial charge in [0.25, 0.3) is 5.91 Å². The quantitative estimate of drug-likeness (QED) is 0.272. The zero-order valence-electron chi connectivity index (χ0n) is 14.8. The zero-order chi connectivity index (χ0) is 21.3. The molecule has 0 spiro atoms. The van der Waals surface area contributed by atoms with Crippen LogP contribution in [0.5, 0.6) is 0 Å². The van der Waals surface area contributed by atoms with Crippen molar-refractivity contribution in [1.29, 1.82) is 0 Å². The van der Waals surface area contributed by atoms with Crippen LogP contribution >= 0.6 is 0 Å². The Hall–Kier alpha value is -3.63. The number of hydrogen-bond donors (Lipinski definition) is 6. The van der Waals surface area contributed by atoms with Gasteiger partial charge in [-0.15, -0.1) is 0 Å². The number of nitrogen functional groups attached to an aromatic ring is 1. The van der Waals surface area contributed by atoms with Crippen LogP contribution in [-0.2, 0) is 19.2 Å². The van der Waals surface area contributed by atoms with Crippen molar-refractivity contribution < 1.29 is 39.3 Å². The topological polar surface area (TPSA) is 196 Å². The maximum atomic E-state index is 12.4. The third kappa shape index (κ3) is 7.72. The van der Waals surface area contributed by atoms with Crippen molar-refractivity contribution in [1.82, 2.24) is 10.6 Å². The van der Waals surface area contributed by atoms with Gasteiger partial charge in [-0.2, -0.15) is 0 Å². The fraction of sp³-hybridized carbons (Fsp3) is 0.353. The van der Waals surface area contributed by atoms with E-state index in [1.165, 1.54) is 24.3 Å². The summed E-state index contributed by atoms with van der Waals surface area (Å²) < 4.78 is 0. The highest BCUT2D eigenvalue weighted by atomic mass is 16.4. The second-order valence-electron chi connectivity index (χ2n) is 5.91. The lowest BCUT2D eigenvalue weighted by Crippen LogP contribution is -2.51. The first-order valence-electron chi connectivity index (χ1n) is 8.23. The molecule has 0 radical (unpaired) electrons. The van der Waals surface area contributed by atoms with Gasteiger partial charge in [0.05, 0.1) is 0 Å². The number of carbonyl (C=O) groups is 5. The maximum absolute atomic E-state index is 12.4. The van der Waals surface area contributed by atoms with Gasteiger partial charge in [0.15, 0.2) is 0 Å². The van der Waals surface area contributed by atoms with Crippen LogP contribution in [-0.4, -0.2) is 57.1 Å². The van der Waals surface area contributed by atoms with Gasteiger partial charge in [-0.1, -0.05) is 0 Å². The smallest absolute Gasteiger partial charge is 0.326 e. The monoisotopic (exact) mass is 395 g/mol. The Morgan fingerprint density at radius 3 is 1.79 bits per heavy atom. The Bertz CT molecular complexity index is 747. The molecule has 2 atom stereocenters. The molecule has 0 heterocycles. The Morgan fingerprint density at radius 2 is 1.32 bits per heavy atom. The molecular weight excluding hydrogens is 374 g/mol. The molecule has 152 valence electrons. The summed E-state index contributed by atoms with van der Waals surface area (Å²) in [5.41, 5.74) is 6.12. The molecule has 1 aromatic carbocycles. The van der Waals surface area contributed by atoms with Crippen LogP contribution in [0.3, 0.4) is 0 Å². The number of benzene rings is 1. The molecule has 28 heavy (non-hydrogen) atoms. The number of nitrogens with one attached hydrogen (secondary N) is 2. The minimum Gasteiger partial charge on any atom is -0.481 e. The number of anilines is 1. The van der Waals surface area contributed by atoms with Crippen LogP contribution in [0.4, 0.5) is 5.69 Å². The highest BCUT2D eigenvalue weighted by Gasteiger charge is 2.27. The van der Waals surface area contributed by atoms with Crippen LogP contribution in [0, 0.1) is 0 Å². The van der Waals surface area contributed by atoms with E-state index in [0.29, 0.717) is 5.69 Å². The van der Waals surface area contributed by atoms with Gasteiger partial charge in [-0.3, -0.25) is 19.2 Å². The fourth-order valence-corrected chi connectivity index (χ4v) is 2.21. The van der Waals surface area contributed by atoms with Crippen molar-refractivity contribution in [3.05, 3.63) is 29.8 Å². The molecule has 11 heteroatoms. The summed E-state index contributed by atoms with van der Waals surface area (Å²) in [6, 6.07) is 2.92. The van der Waals surface area contributed by atoms with Crippen molar-refractivity contribution in [2.75, 3.05) is 5.73 Å². The third-order valence-electron chi connectivity index (χ3n) is 3.70. The number of amides is 2. The van der Waals surface area contributed by atoms with Gasteiger partial charge in [0, 0.05) is 24.1 Å². The molecule has 0 aliphatic heterocycles. The highest BCUT2D eigenvalue weighted by molar-refractivity contribution is 5.98. The van der Waals surface area contributed by atoms with E-state index in [2.05, 4.69) is 10.6 Å². The first-order chi connectivity index (χ1) is 13.1. The number of nitrogens with two attached hydrogens (primary N) is 1. The molecule has 0 unspecified atom stereocenters. The average Bonchev–Trinajstić information content (AvgIpc) is 2.61. The van der Waals surface area contributed by atoms with E-state index in [1.54, 1.807) is 0 Å². The maximum Gasteiger partial charge on any atom is 0.326 e. The predicted molar refractivity (Wildman–Crippen MR) is 95.4 cm³/mol. The zero-order valence-corrected chi connectivity index (χ0v) is 14.8. The standard InChI is InChI=1S/C17H21N3O8/c18-10-3-1-9(2-4-10)15(25)19-11(5-7-13(21)22)16(26)20-12(17(27)28)6-8-14(23)24/h1-4,11-12H,5-8,18H2,(H,19,25)(H,20,26)(H,21,22)(H,23,24)(H,27,28)/t11-,12-/m0/s1. The van der Waals surface area contributed by atoms with Gasteiger partial charge < -0.3 is 31.7 Å². The molecule has 7 N–H and O–H groups in total. The van der Waals surface area contributed by atoms with E-state index in [9.17, 15) is 24.0 Å². The van der Waals surface area contributed by atoms with E-state index in [1.807, 2.05) is 0 Å². The van der Waals surface area contributed by atoms with Crippen LogP contribution in [0.25, 0.3) is 0 Å². The summed E-state index contributed by atoms with van der Waals surface area (Å²) in [5.74, 6) is -5.50. The summed E-state index contributed by atoms with van der Waals surface area (Å²) in [7, 11) is 0. The Morgan fingerprint density at radius 1 is 0.821 bits per heavy atom. The molecule has 1 aromatic rings. The van der Waals surface area contributed by atoms with Gasteiger partial charge in [0.2, 0.25) is 5.91 Å². The summed E-state index contributed by atoms with van der Waals surface area (Å²) in [6.45, 7) is 0. The third-order valence-corrected chi connectivity index (χ3v) is 3.70. The molecule has 0 aliphatic rings. The first kappa shape index (κ1) is 22.4. The number of aliphatic carboxylic acids is 3. The fourth-order valence-electron chi connectivity index (χ4n) is 2.21. The second kappa shape index (κ2) is 10.5. The van der Waals surface area contributed by atoms with Gasteiger partial charge in [0.1, 0.15) is 12.1 Å². The summed E-state index contributed by atoms with van der Waals surface area (Å²) in [4.78, 5) is 57.3. The summed E-state index contributed by atoms with van der Waals surface area (Å²) >= 11 is 0. The van der Waals surface area contributed by atoms with Crippen LogP contribution in [0.1, 0.15) is 36.0 Å².